The van der Waals surface area contributed by atoms with Crippen molar-refractivity contribution in [3.63, 3.8) is 0 Å². The number of hydrogen-bond donors (Lipinski definition) is 3. The van der Waals surface area contributed by atoms with Gasteiger partial charge in [0.1, 0.15) is 5.75 Å². The zero-order valence-electron chi connectivity index (χ0n) is 15.7. The number of nitrogens with one attached hydrogen (secondary N) is 3. The van der Waals surface area contributed by atoms with Crippen LogP contribution in [-0.2, 0) is 9.59 Å². The van der Waals surface area contributed by atoms with Crippen LogP contribution in [0, 0.1) is 0 Å². The van der Waals surface area contributed by atoms with Crippen molar-refractivity contribution in [1.29, 1.82) is 0 Å². The Hall–Kier alpha value is -3.39. The maximum atomic E-state index is 11.6. The van der Waals surface area contributed by atoms with E-state index in [-0.39, 0.29) is 11.8 Å². The van der Waals surface area contributed by atoms with Gasteiger partial charge in [-0.25, -0.2) is 4.98 Å². The molecule has 0 spiro atoms. The second-order valence-electron chi connectivity index (χ2n) is 5.99. The van der Waals surface area contributed by atoms with E-state index in [0.29, 0.717) is 22.2 Å². The average molecular weight is 396 g/mol. The number of ether oxygens (including phenoxy) is 1. The van der Waals surface area contributed by atoms with Crippen LogP contribution in [-0.4, -0.2) is 23.9 Å². The first-order valence-electron chi connectivity index (χ1n) is 8.51. The average Bonchev–Trinajstić information content (AvgIpc) is 3.09. The van der Waals surface area contributed by atoms with E-state index in [0.717, 1.165) is 17.0 Å². The number of thiazole rings is 1. The van der Waals surface area contributed by atoms with E-state index in [1.165, 1.54) is 25.2 Å². The molecule has 1 heterocycles. The van der Waals surface area contributed by atoms with Crippen LogP contribution < -0.4 is 20.7 Å². The summed E-state index contributed by atoms with van der Waals surface area (Å²) in [6.07, 6.45) is 0. The van der Waals surface area contributed by atoms with Crippen molar-refractivity contribution in [1.82, 2.24) is 4.98 Å². The Bertz CT molecular complexity index is 1020. The quantitative estimate of drug-likeness (QED) is 0.571. The summed E-state index contributed by atoms with van der Waals surface area (Å²) in [5.74, 6) is 0.333. The smallest absolute Gasteiger partial charge is 0.221 e. The summed E-state index contributed by atoms with van der Waals surface area (Å²) in [5, 5.41) is 11.4. The normalized spacial score (nSPS) is 10.2. The van der Waals surface area contributed by atoms with Gasteiger partial charge in [0.2, 0.25) is 11.8 Å². The van der Waals surface area contributed by atoms with E-state index in [1.807, 2.05) is 35.7 Å². The zero-order valence-corrected chi connectivity index (χ0v) is 16.5. The van der Waals surface area contributed by atoms with Crippen LogP contribution in [0.2, 0.25) is 0 Å². The minimum absolute atomic E-state index is 0.182. The van der Waals surface area contributed by atoms with Crippen LogP contribution in [0.3, 0.4) is 0 Å². The van der Waals surface area contributed by atoms with Gasteiger partial charge < -0.3 is 20.7 Å². The fourth-order valence-corrected chi connectivity index (χ4v) is 3.38. The fraction of sp³-hybridized carbons (Fsp3) is 0.150. The van der Waals surface area contributed by atoms with Gasteiger partial charge in [0.25, 0.3) is 0 Å². The molecule has 8 heteroatoms. The van der Waals surface area contributed by atoms with Gasteiger partial charge in [0.15, 0.2) is 5.13 Å². The first-order valence-corrected chi connectivity index (χ1v) is 9.39. The maximum Gasteiger partial charge on any atom is 0.221 e. The predicted molar refractivity (Wildman–Crippen MR) is 112 cm³/mol. The van der Waals surface area contributed by atoms with Gasteiger partial charge in [0, 0.05) is 30.5 Å². The van der Waals surface area contributed by atoms with Gasteiger partial charge in [-0.1, -0.05) is 12.1 Å². The molecule has 0 unspecified atom stereocenters. The zero-order chi connectivity index (χ0) is 20.1. The van der Waals surface area contributed by atoms with E-state index in [4.69, 9.17) is 4.74 Å². The minimum Gasteiger partial charge on any atom is -0.495 e. The molecule has 0 atom stereocenters. The minimum atomic E-state index is -0.205. The lowest BCUT2D eigenvalue weighted by Gasteiger charge is -2.11. The summed E-state index contributed by atoms with van der Waals surface area (Å²) in [6.45, 7) is 2.87. The molecule has 3 aromatic rings. The Kier molecular flexibility index (Phi) is 5.90. The van der Waals surface area contributed by atoms with Gasteiger partial charge in [0.05, 0.1) is 24.2 Å². The Labute approximate surface area is 166 Å². The monoisotopic (exact) mass is 396 g/mol. The molecule has 0 fully saturated rings. The summed E-state index contributed by atoms with van der Waals surface area (Å²) in [7, 11) is 1.62. The summed E-state index contributed by atoms with van der Waals surface area (Å²) in [6, 6.07) is 12.9. The third-order valence-electron chi connectivity index (χ3n) is 3.78. The molecule has 7 nitrogen and oxygen atoms in total. The molecule has 0 bridgehead atoms. The van der Waals surface area contributed by atoms with Crippen molar-refractivity contribution in [3.8, 4) is 17.0 Å². The Morgan fingerprint density at radius 1 is 1.00 bits per heavy atom. The van der Waals surface area contributed by atoms with Crippen LogP contribution in [0.1, 0.15) is 13.8 Å². The van der Waals surface area contributed by atoms with Crippen LogP contribution in [0.4, 0.5) is 22.2 Å². The lowest BCUT2D eigenvalue weighted by molar-refractivity contribution is -0.115. The molecule has 28 heavy (non-hydrogen) atoms. The molecule has 3 rings (SSSR count). The molecule has 0 aliphatic rings. The van der Waals surface area contributed by atoms with Gasteiger partial charge in [-0.3, -0.25) is 9.59 Å². The van der Waals surface area contributed by atoms with E-state index < -0.39 is 0 Å². The number of amides is 2. The SMILES string of the molecule is COc1ccccc1Nc1nc(-c2ccc(NC(C)=O)cc2NC(C)=O)cs1. The molecule has 1 aromatic heterocycles. The van der Waals surface area contributed by atoms with Crippen molar-refractivity contribution >= 4 is 45.3 Å². The van der Waals surface area contributed by atoms with Gasteiger partial charge in [-0.15, -0.1) is 11.3 Å². The number of methoxy groups -OCH3 is 1. The molecule has 2 amide bonds. The first-order chi connectivity index (χ1) is 13.5. The predicted octanol–water partition coefficient (Wildman–Crippen LogP) is 4.48. The molecule has 0 radical (unpaired) electrons. The maximum absolute atomic E-state index is 11.6. The number of carbonyl (C=O) groups is 2. The lowest BCUT2D eigenvalue weighted by atomic mass is 10.1. The van der Waals surface area contributed by atoms with Crippen LogP contribution >= 0.6 is 11.3 Å². The molecular weight excluding hydrogens is 376 g/mol. The topological polar surface area (TPSA) is 92.3 Å². The Balaban J connectivity index is 1.91. The number of aromatic nitrogens is 1. The first kappa shape index (κ1) is 19.4. The van der Waals surface area contributed by atoms with Crippen LogP contribution in [0.15, 0.2) is 47.8 Å². The second-order valence-corrected chi connectivity index (χ2v) is 6.84. The number of rotatable bonds is 6. The summed E-state index contributed by atoms with van der Waals surface area (Å²) in [5.41, 5.74) is 3.46. The molecule has 0 saturated carbocycles. The molecular formula is C20H20N4O3S. The standard InChI is InChI=1S/C20H20N4O3S/c1-12(25)21-14-8-9-15(17(10-14)22-13(2)26)18-11-28-20(24-18)23-16-6-4-5-7-19(16)27-3/h4-11H,1-3H3,(H,21,25)(H,22,26)(H,23,24). The fourth-order valence-electron chi connectivity index (χ4n) is 2.66. The number of benzene rings is 2. The van der Waals surface area contributed by atoms with E-state index in [9.17, 15) is 9.59 Å². The van der Waals surface area contributed by atoms with Gasteiger partial charge in [-0.2, -0.15) is 0 Å². The second kappa shape index (κ2) is 8.53. The highest BCUT2D eigenvalue weighted by Crippen LogP contribution is 2.35. The van der Waals surface area contributed by atoms with Crippen LogP contribution in [0.25, 0.3) is 11.3 Å². The molecule has 0 aliphatic carbocycles. The summed E-state index contributed by atoms with van der Waals surface area (Å²) < 4.78 is 5.35. The highest BCUT2D eigenvalue weighted by Gasteiger charge is 2.13. The third kappa shape index (κ3) is 4.66. The summed E-state index contributed by atoms with van der Waals surface area (Å²) in [4.78, 5) is 27.5. The molecule has 0 saturated heterocycles. The van der Waals surface area contributed by atoms with Crippen molar-refractivity contribution in [2.75, 3.05) is 23.1 Å². The molecule has 0 aliphatic heterocycles. The van der Waals surface area contributed by atoms with Crippen molar-refractivity contribution in [2.24, 2.45) is 0 Å². The largest absolute Gasteiger partial charge is 0.495 e. The summed E-state index contributed by atoms with van der Waals surface area (Å²) >= 11 is 1.44. The Morgan fingerprint density at radius 2 is 1.75 bits per heavy atom. The van der Waals surface area contributed by atoms with E-state index >= 15 is 0 Å². The third-order valence-corrected chi connectivity index (χ3v) is 4.54. The van der Waals surface area contributed by atoms with Gasteiger partial charge >= 0.3 is 0 Å². The van der Waals surface area contributed by atoms with Crippen LogP contribution in [0.5, 0.6) is 5.75 Å². The number of anilines is 4. The highest BCUT2D eigenvalue weighted by molar-refractivity contribution is 7.14. The van der Waals surface area contributed by atoms with Gasteiger partial charge in [-0.05, 0) is 30.3 Å². The van der Waals surface area contributed by atoms with E-state index in [2.05, 4.69) is 20.9 Å². The van der Waals surface area contributed by atoms with Crippen molar-refractivity contribution < 1.29 is 14.3 Å². The molecule has 2 aromatic carbocycles. The van der Waals surface area contributed by atoms with Crippen molar-refractivity contribution in [2.45, 2.75) is 13.8 Å². The van der Waals surface area contributed by atoms with E-state index in [1.54, 1.807) is 19.2 Å². The number of carbonyl (C=O) groups excluding carboxylic acids is 2. The number of nitrogens with zero attached hydrogens (tertiary/aromatic N) is 1. The number of para-hydroxylation sites is 2. The van der Waals surface area contributed by atoms with Crippen molar-refractivity contribution in [3.05, 3.63) is 47.8 Å². The highest BCUT2D eigenvalue weighted by atomic mass is 32.1. The molecule has 3 N–H and O–H groups in total. The number of hydrogen-bond acceptors (Lipinski definition) is 6. The lowest BCUT2D eigenvalue weighted by Crippen LogP contribution is -2.09. The molecule has 144 valence electrons. The Morgan fingerprint density at radius 3 is 2.46 bits per heavy atom.